The summed E-state index contributed by atoms with van der Waals surface area (Å²) in [5, 5.41) is 3.39. The Labute approximate surface area is 124 Å². The Bertz CT molecular complexity index is 797. The maximum absolute atomic E-state index is 4.74. The maximum Gasteiger partial charge on any atom is 0.155 e. The van der Waals surface area contributed by atoms with Gasteiger partial charge in [-0.25, -0.2) is 15.0 Å². The molecule has 0 spiro atoms. The monoisotopic (exact) mass is 281 g/mol. The molecule has 0 bridgehead atoms. The molecule has 0 saturated carbocycles. The van der Waals surface area contributed by atoms with Gasteiger partial charge in [0.1, 0.15) is 5.52 Å². The van der Waals surface area contributed by atoms with Gasteiger partial charge >= 0.3 is 0 Å². The molecule has 0 aliphatic rings. The number of aromatic nitrogens is 3. The van der Waals surface area contributed by atoms with Crippen LogP contribution in [0.15, 0.2) is 30.5 Å². The molecule has 2 heterocycles. The first kappa shape index (κ1) is 13.7. The fourth-order valence-corrected chi connectivity index (χ4v) is 2.16. The zero-order chi connectivity index (χ0) is 15.0. The van der Waals surface area contributed by atoms with Crippen molar-refractivity contribution in [3.05, 3.63) is 36.0 Å². The summed E-state index contributed by atoms with van der Waals surface area (Å²) >= 11 is 0. The summed E-state index contributed by atoms with van der Waals surface area (Å²) in [4.78, 5) is 16.1. The Morgan fingerprint density at radius 2 is 1.67 bits per heavy atom. The zero-order valence-corrected chi connectivity index (χ0v) is 12.8. The second-order valence-corrected chi connectivity index (χ2v) is 5.48. The molecule has 5 nitrogen and oxygen atoms in total. The second kappa shape index (κ2) is 5.26. The van der Waals surface area contributed by atoms with Gasteiger partial charge < -0.3 is 5.32 Å². The molecule has 3 aromatic rings. The molecule has 1 N–H and O–H groups in total. The van der Waals surface area contributed by atoms with E-state index in [0.29, 0.717) is 0 Å². The van der Waals surface area contributed by atoms with Crippen LogP contribution in [0.3, 0.4) is 0 Å². The highest BCUT2D eigenvalue weighted by atomic mass is 15.2. The molecule has 5 heteroatoms. The van der Waals surface area contributed by atoms with Crippen LogP contribution in [0.1, 0.15) is 12.5 Å². The van der Waals surface area contributed by atoms with Crippen LogP contribution in [-0.4, -0.2) is 40.1 Å². The van der Waals surface area contributed by atoms with Crippen molar-refractivity contribution >= 4 is 27.9 Å². The molecule has 1 unspecified atom stereocenters. The van der Waals surface area contributed by atoms with Crippen molar-refractivity contribution < 1.29 is 0 Å². The number of hydrogen-bond acceptors (Lipinski definition) is 5. The number of hydrogen-bond donors (Lipinski definition) is 1. The van der Waals surface area contributed by atoms with Gasteiger partial charge in [0.15, 0.2) is 5.82 Å². The average Bonchev–Trinajstić information content (AvgIpc) is 2.48. The molecule has 1 atom stereocenters. The number of pyridine rings is 1. The van der Waals surface area contributed by atoms with Gasteiger partial charge in [-0.2, -0.15) is 0 Å². The third-order valence-electron chi connectivity index (χ3n) is 3.68. The Morgan fingerprint density at radius 1 is 1.05 bits per heavy atom. The molecule has 1 aromatic carbocycles. The van der Waals surface area contributed by atoms with E-state index >= 15 is 0 Å². The molecule has 3 rings (SSSR count). The zero-order valence-electron chi connectivity index (χ0n) is 12.8. The van der Waals surface area contributed by atoms with Crippen LogP contribution >= 0.6 is 0 Å². The van der Waals surface area contributed by atoms with Crippen molar-refractivity contribution in [3.8, 4) is 0 Å². The Balaban J connectivity index is 2.21. The van der Waals surface area contributed by atoms with Gasteiger partial charge in [0, 0.05) is 6.20 Å². The summed E-state index contributed by atoms with van der Waals surface area (Å²) < 4.78 is 0. The van der Waals surface area contributed by atoms with E-state index in [1.807, 2.05) is 51.5 Å². The lowest BCUT2D eigenvalue weighted by molar-refractivity contribution is 0.343. The number of aryl methyl sites for hydroxylation is 1. The summed E-state index contributed by atoms with van der Waals surface area (Å²) in [7, 11) is 4.05. The van der Waals surface area contributed by atoms with Gasteiger partial charge in [0.05, 0.1) is 22.7 Å². The summed E-state index contributed by atoms with van der Waals surface area (Å²) in [6, 6.07) is 7.91. The minimum atomic E-state index is 0.164. The molecule has 0 saturated heterocycles. The predicted octanol–water partition coefficient (Wildman–Crippen LogP) is 2.81. The highest BCUT2D eigenvalue weighted by molar-refractivity contribution is 5.93. The number of fused-ring (bicyclic) bond motifs is 2. The first-order valence-corrected chi connectivity index (χ1v) is 7.01. The normalized spacial score (nSPS) is 13.0. The quantitative estimate of drug-likeness (QED) is 0.591. The number of rotatable bonds is 3. The molecule has 0 fully saturated rings. The molecule has 0 aliphatic heterocycles. The van der Waals surface area contributed by atoms with E-state index in [1.165, 1.54) is 0 Å². The smallest absolute Gasteiger partial charge is 0.155 e. The number of nitrogens with one attached hydrogen (secondary N) is 1. The molecule has 0 amide bonds. The van der Waals surface area contributed by atoms with Gasteiger partial charge in [-0.15, -0.1) is 0 Å². The van der Waals surface area contributed by atoms with E-state index in [-0.39, 0.29) is 6.17 Å². The third kappa shape index (κ3) is 2.52. The van der Waals surface area contributed by atoms with Gasteiger partial charge in [-0.3, -0.25) is 4.90 Å². The van der Waals surface area contributed by atoms with Crippen LogP contribution < -0.4 is 5.32 Å². The molecule has 0 aliphatic carbocycles. The van der Waals surface area contributed by atoms with E-state index in [9.17, 15) is 0 Å². The van der Waals surface area contributed by atoms with Crippen LogP contribution in [0.25, 0.3) is 22.1 Å². The van der Waals surface area contributed by atoms with Crippen molar-refractivity contribution in [1.29, 1.82) is 0 Å². The summed E-state index contributed by atoms with van der Waals surface area (Å²) in [5.74, 6) is 0.773. The van der Waals surface area contributed by atoms with E-state index in [2.05, 4.69) is 22.1 Å². The number of para-hydroxylation sites is 2. The predicted molar refractivity (Wildman–Crippen MR) is 86.3 cm³/mol. The van der Waals surface area contributed by atoms with E-state index in [0.717, 1.165) is 33.4 Å². The van der Waals surface area contributed by atoms with Crippen LogP contribution in [0.5, 0.6) is 0 Å². The van der Waals surface area contributed by atoms with Crippen LogP contribution in [0.4, 0.5) is 5.82 Å². The standard InChI is InChI=1S/C16H19N5/c1-10-9-17-16(18-11(2)21(3)4)15-14(10)19-12-7-5-6-8-13(12)20-15/h5-9,11H,1-4H3,(H,17,18). The fraction of sp³-hybridized carbons (Fsp3) is 0.312. The van der Waals surface area contributed by atoms with Gasteiger partial charge in [0.25, 0.3) is 0 Å². The Kier molecular flexibility index (Phi) is 3.43. The molecule has 21 heavy (non-hydrogen) atoms. The summed E-state index contributed by atoms with van der Waals surface area (Å²) in [6.07, 6.45) is 2.01. The minimum absolute atomic E-state index is 0.164. The lowest BCUT2D eigenvalue weighted by Gasteiger charge is -2.22. The fourth-order valence-electron chi connectivity index (χ4n) is 2.16. The number of anilines is 1. The Hall–Kier alpha value is -2.27. The van der Waals surface area contributed by atoms with Crippen molar-refractivity contribution in [1.82, 2.24) is 19.9 Å². The first-order valence-electron chi connectivity index (χ1n) is 7.01. The van der Waals surface area contributed by atoms with Gasteiger partial charge in [-0.05, 0) is 45.6 Å². The van der Waals surface area contributed by atoms with Crippen molar-refractivity contribution in [3.63, 3.8) is 0 Å². The molecule has 0 radical (unpaired) electrons. The SMILES string of the molecule is Cc1cnc(NC(C)N(C)C)c2nc3ccccc3nc12. The highest BCUT2D eigenvalue weighted by Gasteiger charge is 2.12. The second-order valence-electron chi connectivity index (χ2n) is 5.48. The lowest BCUT2D eigenvalue weighted by Crippen LogP contribution is -2.32. The molecular weight excluding hydrogens is 262 g/mol. The molecular formula is C16H19N5. The summed E-state index contributed by atoms with van der Waals surface area (Å²) in [6.45, 7) is 4.10. The van der Waals surface area contributed by atoms with Crippen LogP contribution in [0, 0.1) is 6.92 Å². The topological polar surface area (TPSA) is 53.9 Å². The average molecular weight is 281 g/mol. The maximum atomic E-state index is 4.74. The first-order chi connectivity index (χ1) is 10.1. The van der Waals surface area contributed by atoms with Crippen LogP contribution in [0.2, 0.25) is 0 Å². The van der Waals surface area contributed by atoms with Gasteiger partial charge in [0.2, 0.25) is 0 Å². The van der Waals surface area contributed by atoms with E-state index in [4.69, 9.17) is 9.97 Å². The molecule has 108 valence electrons. The highest BCUT2D eigenvalue weighted by Crippen LogP contribution is 2.24. The van der Waals surface area contributed by atoms with Crippen LogP contribution in [-0.2, 0) is 0 Å². The van der Waals surface area contributed by atoms with Crippen molar-refractivity contribution in [2.75, 3.05) is 19.4 Å². The van der Waals surface area contributed by atoms with E-state index < -0.39 is 0 Å². The Morgan fingerprint density at radius 3 is 2.29 bits per heavy atom. The number of nitrogens with zero attached hydrogens (tertiary/aromatic N) is 4. The third-order valence-corrected chi connectivity index (χ3v) is 3.68. The van der Waals surface area contributed by atoms with Crippen molar-refractivity contribution in [2.24, 2.45) is 0 Å². The van der Waals surface area contributed by atoms with Gasteiger partial charge in [-0.1, -0.05) is 12.1 Å². The number of benzene rings is 1. The largest absolute Gasteiger partial charge is 0.353 e. The van der Waals surface area contributed by atoms with E-state index in [1.54, 1.807) is 0 Å². The van der Waals surface area contributed by atoms with Crippen molar-refractivity contribution in [2.45, 2.75) is 20.0 Å². The lowest BCUT2D eigenvalue weighted by atomic mass is 10.2. The minimum Gasteiger partial charge on any atom is -0.353 e. The summed E-state index contributed by atoms with van der Waals surface area (Å²) in [5.41, 5.74) is 4.55. The molecule has 2 aromatic heterocycles.